The van der Waals surface area contributed by atoms with Crippen LogP contribution in [0.5, 0.6) is 0 Å². The zero-order valence-corrected chi connectivity index (χ0v) is 13.9. The smallest absolute Gasteiger partial charge is 0.343 e. The van der Waals surface area contributed by atoms with Gasteiger partial charge in [-0.05, 0) is 41.3 Å². The third-order valence-electron chi connectivity index (χ3n) is 4.01. The number of esters is 1. The van der Waals surface area contributed by atoms with Gasteiger partial charge in [-0.25, -0.2) is 4.79 Å². The molecule has 5 heteroatoms. The molecule has 1 aliphatic rings. The first-order valence-electron chi connectivity index (χ1n) is 7.94. The Labute approximate surface area is 145 Å². The summed E-state index contributed by atoms with van der Waals surface area (Å²) in [5.74, 6) is 0.515. The first-order chi connectivity index (χ1) is 11.9. The van der Waals surface area contributed by atoms with Crippen LogP contribution in [0.25, 0.3) is 11.8 Å². The number of nitro benzene ring substituents is 1. The number of nitrogens with zero attached hydrogens (tertiary/aromatic N) is 1. The molecule has 0 saturated heterocycles. The maximum atomic E-state index is 12.1. The largest absolute Gasteiger partial charge is 0.422 e. The summed E-state index contributed by atoms with van der Waals surface area (Å²) in [5, 5.41) is 10.7. The molecule has 0 atom stereocenters. The maximum absolute atomic E-state index is 12.1. The summed E-state index contributed by atoms with van der Waals surface area (Å²) in [5.41, 5.74) is 3.18. The first kappa shape index (κ1) is 16.6. The molecule has 25 heavy (non-hydrogen) atoms. The molecule has 0 unspecified atom stereocenters. The number of hydrogen-bond acceptors (Lipinski definition) is 4. The molecule has 0 radical (unpaired) electrons. The quantitative estimate of drug-likeness (QED) is 0.351. The Morgan fingerprint density at radius 2 is 1.68 bits per heavy atom. The fraction of sp³-hybridized carbons (Fsp3) is 0.150. The minimum absolute atomic E-state index is 0.0117. The van der Waals surface area contributed by atoms with Crippen LogP contribution in [-0.4, -0.2) is 10.9 Å². The second kappa shape index (κ2) is 6.73. The van der Waals surface area contributed by atoms with E-state index in [1.165, 1.54) is 17.7 Å². The minimum atomic E-state index is -0.459. The molecule has 0 saturated carbocycles. The lowest BCUT2D eigenvalue weighted by atomic mass is 10.0. The Morgan fingerprint density at radius 1 is 1.04 bits per heavy atom. The fourth-order valence-corrected chi connectivity index (χ4v) is 2.54. The molecular weight excluding hydrogens is 318 g/mol. The number of hydrogen-bond donors (Lipinski definition) is 0. The topological polar surface area (TPSA) is 69.4 Å². The van der Waals surface area contributed by atoms with Crippen molar-refractivity contribution in [2.45, 2.75) is 19.8 Å². The summed E-state index contributed by atoms with van der Waals surface area (Å²) in [4.78, 5) is 22.3. The van der Waals surface area contributed by atoms with Crippen molar-refractivity contribution in [1.82, 2.24) is 0 Å². The molecule has 0 fully saturated rings. The van der Waals surface area contributed by atoms with Gasteiger partial charge in [0.2, 0.25) is 0 Å². The number of carbonyl (C=O) groups excluding carboxylic acids is 1. The van der Waals surface area contributed by atoms with Crippen LogP contribution in [0, 0.1) is 10.1 Å². The van der Waals surface area contributed by atoms with Crippen molar-refractivity contribution in [1.29, 1.82) is 0 Å². The van der Waals surface area contributed by atoms with E-state index in [9.17, 15) is 14.9 Å². The van der Waals surface area contributed by atoms with Gasteiger partial charge in [0.05, 0.1) is 10.5 Å². The summed E-state index contributed by atoms with van der Waals surface area (Å²) in [6, 6.07) is 13.9. The van der Waals surface area contributed by atoms with Gasteiger partial charge in [0.15, 0.2) is 0 Å². The van der Waals surface area contributed by atoms with Crippen LogP contribution in [0.15, 0.2) is 60.2 Å². The molecule has 0 bridgehead atoms. The molecule has 0 spiro atoms. The minimum Gasteiger partial charge on any atom is -0.422 e. The van der Waals surface area contributed by atoms with Gasteiger partial charge in [-0.3, -0.25) is 10.1 Å². The van der Waals surface area contributed by atoms with Gasteiger partial charge in [-0.1, -0.05) is 38.1 Å². The molecule has 0 aromatic heterocycles. The van der Waals surface area contributed by atoms with E-state index < -0.39 is 10.9 Å². The van der Waals surface area contributed by atoms with Gasteiger partial charge in [0, 0.05) is 17.7 Å². The van der Waals surface area contributed by atoms with Crippen molar-refractivity contribution in [2.24, 2.45) is 0 Å². The summed E-state index contributed by atoms with van der Waals surface area (Å²) < 4.78 is 5.34. The van der Waals surface area contributed by atoms with Crippen molar-refractivity contribution in [3.05, 3.63) is 87.0 Å². The van der Waals surface area contributed by atoms with E-state index in [-0.39, 0.29) is 5.69 Å². The summed E-state index contributed by atoms with van der Waals surface area (Å²) in [7, 11) is 0. The van der Waals surface area contributed by atoms with E-state index in [0.29, 0.717) is 22.8 Å². The molecule has 126 valence electrons. The number of benzene rings is 2. The highest BCUT2D eigenvalue weighted by Gasteiger charge is 2.22. The van der Waals surface area contributed by atoms with Crippen molar-refractivity contribution < 1.29 is 14.5 Å². The molecule has 2 aromatic carbocycles. The van der Waals surface area contributed by atoms with Crippen LogP contribution in [0.3, 0.4) is 0 Å². The molecule has 1 aliphatic heterocycles. The van der Waals surface area contributed by atoms with E-state index in [1.54, 1.807) is 24.3 Å². The fourth-order valence-electron chi connectivity index (χ4n) is 2.54. The zero-order chi connectivity index (χ0) is 18.0. The predicted octanol–water partition coefficient (Wildman–Crippen LogP) is 4.70. The molecule has 0 amide bonds. The predicted molar refractivity (Wildman–Crippen MR) is 95.7 cm³/mol. The normalized spacial score (nSPS) is 15.4. The molecule has 1 heterocycles. The average molecular weight is 335 g/mol. The average Bonchev–Trinajstić information content (AvgIpc) is 2.96. The van der Waals surface area contributed by atoms with Crippen LogP contribution >= 0.6 is 0 Å². The van der Waals surface area contributed by atoms with Crippen molar-refractivity contribution in [3.8, 4) is 0 Å². The maximum Gasteiger partial charge on any atom is 0.343 e. The first-order valence-corrected chi connectivity index (χ1v) is 7.94. The zero-order valence-electron chi connectivity index (χ0n) is 13.9. The van der Waals surface area contributed by atoms with Crippen LogP contribution in [0.4, 0.5) is 5.69 Å². The standard InChI is InChI=1S/C20H17NO4/c1-13(2)15-5-7-16(8-6-15)19-12-17(20(22)25-19)11-14-3-9-18(10-4-14)21(23)24/h3-13H,1-2H3/b17-11+. The number of non-ortho nitro benzene ring substituents is 1. The number of rotatable bonds is 4. The molecule has 5 nitrogen and oxygen atoms in total. The SMILES string of the molecule is CC(C)c1ccc(C2=C/C(=C\c3ccc([N+](=O)[O-])cc3)C(=O)O2)cc1. The summed E-state index contributed by atoms with van der Waals surface area (Å²) >= 11 is 0. The van der Waals surface area contributed by atoms with Gasteiger partial charge in [0.25, 0.3) is 5.69 Å². The molecule has 0 N–H and O–H groups in total. The van der Waals surface area contributed by atoms with E-state index in [2.05, 4.69) is 13.8 Å². The molecular formula is C20H17NO4. The number of ether oxygens (including phenoxy) is 1. The van der Waals surface area contributed by atoms with Crippen LogP contribution in [-0.2, 0) is 9.53 Å². The van der Waals surface area contributed by atoms with E-state index in [1.807, 2.05) is 24.3 Å². The second-order valence-corrected chi connectivity index (χ2v) is 6.12. The number of nitro groups is 1. The number of carbonyl (C=O) groups is 1. The van der Waals surface area contributed by atoms with E-state index >= 15 is 0 Å². The summed E-state index contributed by atoms with van der Waals surface area (Å²) in [6.45, 7) is 4.24. The van der Waals surface area contributed by atoms with E-state index in [4.69, 9.17) is 4.74 Å². The highest BCUT2D eigenvalue weighted by Crippen LogP contribution is 2.28. The lowest BCUT2D eigenvalue weighted by Crippen LogP contribution is -1.97. The monoisotopic (exact) mass is 335 g/mol. The lowest BCUT2D eigenvalue weighted by molar-refractivity contribution is -0.384. The molecule has 2 aromatic rings. The third-order valence-corrected chi connectivity index (χ3v) is 4.01. The molecule has 0 aliphatic carbocycles. The Bertz CT molecular complexity index is 875. The lowest BCUT2D eigenvalue weighted by Gasteiger charge is -2.06. The van der Waals surface area contributed by atoms with Gasteiger partial charge >= 0.3 is 5.97 Å². The Balaban J connectivity index is 1.85. The Hall–Kier alpha value is -3.21. The van der Waals surface area contributed by atoms with Gasteiger partial charge in [-0.2, -0.15) is 0 Å². The molecule has 3 rings (SSSR count). The Morgan fingerprint density at radius 3 is 2.24 bits per heavy atom. The van der Waals surface area contributed by atoms with E-state index in [0.717, 1.165) is 5.56 Å². The summed E-state index contributed by atoms with van der Waals surface area (Å²) in [6.07, 6.45) is 3.34. The van der Waals surface area contributed by atoms with Crippen LogP contribution < -0.4 is 0 Å². The van der Waals surface area contributed by atoms with Crippen molar-refractivity contribution in [3.63, 3.8) is 0 Å². The van der Waals surface area contributed by atoms with Crippen molar-refractivity contribution in [2.75, 3.05) is 0 Å². The highest BCUT2D eigenvalue weighted by molar-refractivity contribution is 6.05. The number of cyclic esters (lactones) is 1. The van der Waals surface area contributed by atoms with Gasteiger partial charge < -0.3 is 4.74 Å². The van der Waals surface area contributed by atoms with Crippen molar-refractivity contribution >= 4 is 23.5 Å². The highest BCUT2D eigenvalue weighted by atomic mass is 16.6. The van der Waals surface area contributed by atoms with Crippen LogP contribution in [0.1, 0.15) is 36.5 Å². The second-order valence-electron chi connectivity index (χ2n) is 6.12. The van der Waals surface area contributed by atoms with Gasteiger partial charge in [-0.15, -0.1) is 0 Å². The van der Waals surface area contributed by atoms with Crippen LogP contribution in [0.2, 0.25) is 0 Å². The third kappa shape index (κ3) is 3.66. The van der Waals surface area contributed by atoms with Gasteiger partial charge in [0.1, 0.15) is 5.76 Å². The Kier molecular flexibility index (Phi) is 4.48.